The summed E-state index contributed by atoms with van der Waals surface area (Å²) in [5.41, 5.74) is 2.34. The van der Waals surface area contributed by atoms with E-state index in [4.69, 9.17) is 14.3 Å². The van der Waals surface area contributed by atoms with Crippen LogP contribution in [0, 0.1) is 0 Å². The molecule has 1 aliphatic heterocycles. The van der Waals surface area contributed by atoms with Crippen LogP contribution in [0.2, 0.25) is 0 Å². The molecular formula is C28H33N5O5. The maximum absolute atomic E-state index is 13.0. The number of nitrogens with one attached hydrogen (secondary N) is 2. The Morgan fingerprint density at radius 3 is 2.47 bits per heavy atom. The van der Waals surface area contributed by atoms with Gasteiger partial charge in [0.15, 0.2) is 0 Å². The first-order valence-electron chi connectivity index (χ1n) is 12.5. The molecule has 1 aliphatic rings. The van der Waals surface area contributed by atoms with Crippen molar-refractivity contribution >= 4 is 29.3 Å². The zero-order chi connectivity index (χ0) is 27.1. The minimum Gasteiger partial charge on any atom is -0.496 e. The Labute approximate surface area is 222 Å². The summed E-state index contributed by atoms with van der Waals surface area (Å²) in [5, 5.41) is 7.59. The van der Waals surface area contributed by atoms with Crippen molar-refractivity contribution in [2.45, 2.75) is 51.7 Å². The number of hydrogen-bond acceptors (Lipinski definition) is 9. The molecule has 0 bridgehead atoms. The number of methoxy groups -OCH3 is 1. The van der Waals surface area contributed by atoms with Gasteiger partial charge in [0.1, 0.15) is 29.5 Å². The predicted octanol–water partition coefficient (Wildman–Crippen LogP) is 5.56. The molecule has 10 heteroatoms. The summed E-state index contributed by atoms with van der Waals surface area (Å²) in [6.45, 7) is 5.75. The third kappa shape index (κ3) is 7.19. The van der Waals surface area contributed by atoms with Crippen LogP contribution in [0.1, 0.15) is 40.0 Å². The van der Waals surface area contributed by atoms with Gasteiger partial charge in [-0.05, 0) is 76.4 Å². The number of carbonyl (C=O) groups is 2. The third-order valence-electron chi connectivity index (χ3n) is 5.81. The smallest absolute Gasteiger partial charge is 0.496 e. The van der Waals surface area contributed by atoms with Crippen molar-refractivity contribution < 1.29 is 23.9 Å². The van der Waals surface area contributed by atoms with Crippen molar-refractivity contribution in [1.29, 1.82) is 0 Å². The van der Waals surface area contributed by atoms with E-state index in [1.807, 2.05) is 42.5 Å². The van der Waals surface area contributed by atoms with Crippen LogP contribution in [0.3, 0.4) is 0 Å². The number of hydrogen-bond donors (Lipinski definition) is 2. The first kappa shape index (κ1) is 26.9. The Morgan fingerprint density at radius 2 is 1.74 bits per heavy atom. The van der Waals surface area contributed by atoms with Gasteiger partial charge < -0.3 is 24.9 Å². The van der Waals surface area contributed by atoms with Crippen LogP contribution >= 0.6 is 0 Å². The number of hydroxylamine groups is 2. The Hall–Kier alpha value is -4.18. The van der Waals surface area contributed by atoms with E-state index in [1.54, 1.807) is 40.0 Å². The number of amides is 1. The molecule has 10 nitrogen and oxygen atoms in total. The number of piperidine rings is 1. The molecule has 1 aromatic heterocycles. The molecule has 0 saturated carbocycles. The van der Waals surface area contributed by atoms with E-state index in [0.29, 0.717) is 24.5 Å². The highest BCUT2D eigenvalue weighted by Crippen LogP contribution is 2.29. The molecule has 2 heterocycles. The van der Waals surface area contributed by atoms with Crippen LogP contribution in [-0.4, -0.2) is 52.4 Å². The number of ether oxygens (including phenoxy) is 2. The topological polar surface area (TPSA) is 115 Å². The second-order valence-electron chi connectivity index (χ2n) is 9.89. The van der Waals surface area contributed by atoms with Crippen LogP contribution < -0.4 is 15.4 Å². The summed E-state index contributed by atoms with van der Waals surface area (Å²) in [6.07, 6.45) is 2.95. The highest BCUT2D eigenvalue weighted by Gasteiger charge is 2.33. The van der Waals surface area contributed by atoms with Crippen LogP contribution in [0.5, 0.6) is 5.75 Å². The molecule has 0 aliphatic carbocycles. The molecule has 2 aromatic carbocycles. The van der Waals surface area contributed by atoms with Gasteiger partial charge in [-0.25, -0.2) is 14.8 Å². The van der Waals surface area contributed by atoms with Gasteiger partial charge in [-0.15, -0.1) is 5.06 Å². The summed E-state index contributed by atoms with van der Waals surface area (Å²) in [4.78, 5) is 39.2. The zero-order valence-electron chi connectivity index (χ0n) is 22.1. The molecule has 200 valence electrons. The largest absolute Gasteiger partial charge is 0.528 e. The first-order chi connectivity index (χ1) is 18.2. The molecule has 1 amide bonds. The Bertz CT molecular complexity index is 1260. The molecule has 0 spiro atoms. The van der Waals surface area contributed by atoms with E-state index in [-0.39, 0.29) is 5.91 Å². The number of anilines is 3. The van der Waals surface area contributed by atoms with E-state index in [0.717, 1.165) is 35.5 Å². The van der Waals surface area contributed by atoms with Crippen LogP contribution in [0.15, 0.2) is 60.9 Å². The van der Waals surface area contributed by atoms with Crippen molar-refractivity contribution in [3.63, 3.8) is 0 Å². The fourth-order valence-corrected chi connectivity index (χ4v) is 4.08. The lowest BCUT2D eigenvalue weighted by Gasteiger charge is -2.33. The zero-order valence-corrected chi connectivity index (χ0v) is 22.1. The molecule has 1 fully saturated rings. The highest BCUT2D eigenvalue weighted by atomic mass is 16.8. The average Bonchev–Trinajstić information content (AvgIpc) is 2.89. The summed E-state index contributed by atoms with van der Waals surface area (Å²) < 4.78 is 10.7. The molecule has 1 atom stereocenters. The second kappa shape index (κ2) is 11.9. The van der Waals surface area contributed by atoms with Crippen molar-refractivity contribution in [2.24, 2.45) is 0 Å². The summed E-state index contributed by atoms with van der Waals surface area (Å²) in [6, 6.07) is 16.2. The number of rotatable bonds is 7. The van der Waals surface area contributed by atoms with Gasteiger partial charge in [0, 0.05) is 29.5 Å². The lowest BCUT2D eigenvalue weighted by molar-refractivity contribution is -0.179. The number of para-hydroxylation sites is 1. The lowest BCUT2D eigenvalue weighted by Crippen LogP contribution is -2.48. The number of carbonyl (C=O) groups excluding carboxylic acids is 2. The molecule has 1 saturated heterocycles. The minimum absolute atomic E-state index is 0.244. The van der Waals surface area contributed by atoms with E-state index >= 15 is 0 Å². The maximum Gasteiger partial charge on any atom is 0.528 e. The second-order valence-corrected chi connectivity index (χ2v) is 9.89. The number of nitrogens with zero attached hydrogens (tertiary/aromatic N) is 3. The van der Waals surface area contributed by atoms with Gasteiger partial charge in [0.05, 0.1) is 12.8 Å². The quantitative estimate of drug-likeness (QED) is 0.387. The normalized spacial score (nSPS) is 15.8. The van der Waals surface area contributed by atoms with Crippen molar-refractivity contribution in [3.8, 4) is 17.0 Å². The molecular weight excluding hydrogens is 486 g/mol. The van der Waals surface area contributed by atoms with Gasteiger partial charge in [0.2, 0.25) is 5.91 Å². The SMILES string of the molecule is COc1ccccc1-c1cc(Nc2ccc(NC(=O)[C@@H]3CCCCN3OC(=O)OC(C)(C)C)cc2)ncn1. The Kier molecular flexibility index (Phi) is 8.42. The lowest BCUT2D eigenvalue weighted by atomic mass is 10.0. The summed E-state index contributed by atoms with van der Waals surface area (Å²) >= 11 is 0. The molecule has 3 aromatic rings. The maximum atomic E-state index is 13.0. The van der Waals surface area contributed by atoms with Crippen LogP contribution in [0.25, 0.3) is 11.3 Å². The van der Waals surface area contributed by atoms with Crippen molar-refractivity contribution in [2.75, 3.05) is 24.3 Å². The van der Waals surface area contributed by atoms with Crippen LogP contribution in [0.4, 0.5) is 22.0 Å². The molecule has 0 unspecified atom stereocenters. The summed E-state index contributed by atoms with van der Waals surface area (Å²) in [7, 11) is 1.62. The van der Waals surface area contributed by atoms with E-state index in [2.05, 4.69) is 20.6 Å². The molecule has 0 radical (unpaired) electrons. The number of benzene rings is 2. The van der Waals surface area contributed by atoms with Gasteiger partial charge >= 0.3 is 6.16 Å². The standard InChI is InChI=1S/C28H33N5O5/c1-28(2,3)37-27(35)38-33-16-8-7-10-23(33)26(34)32-20-14-12-19(13-15-20)31-25-17-22(29-18-30-25)21-9-5-6-11-24(21)36-4/h5-6,9,11-15,17-18,23H,7-8,10,16H2,1-4H3,(H,32,34)(H,29,30,31)/t23-/m0/s1. The van der Waals surface area contributed by atoms with E-state index < -0.39 is 17.8 Å². The van der Waals surface area contributed by atoms with E-state index in [1.165, 1.54) is 11.4 Å². The van der Waals surface area contributed by atoms with Crippen molar-refractivity contribution in [3.05, 3.63) is 60.9 Å². The molecule has 4 rings (SSSR count). The Balaban J connectivity index is 1.38. The molecule has 2 N–H and O–H groups in total. The predicted molar refractivity (Wildman–Crippen MR) is 144 cm³/mol. The van der Waals surface area contributed by atoms with Crippen molar-refractivity contribution in [1.82, 2.24) is 15.0 Å². The fraction of sp³-hybridized carbons (Fsp3) is 0.357. The van der Waals surface area contributed by atoms with Crippen LogP contribution in [-0.2, 0) is 14.4 Å². The average molecular weight is 520 g/mol. The van der Waals surface area contributed by atoms with Gasteiger partial charge in [-0.3, -0.25) is 4.79 Å². The molecule has 38 heavy (non-hydrogen) atoms. The monoisotopic (exact) mass is 519 g/mol. The highest BCUT2D eigenvalue weighted by molar-refractivity contribution is 5.95. The van der Waals surface area contributed by atoms with Gasteiger partial charge in [0.25, 0.3) is 0 Å². The third-order valence-corrected chi connectivity index (χ3v) is 5.81. The fourth-order valence-electron chi connectivity index (χ4n) is 4.08. The van der Waals surface area contributed by atoms with Gasteiger partial charge in [-0.2, -0.15) is 0 Å². The summed E-state index contributed by atoms with van der Waals surface area (Å²) in [5.74, 6) is 1.10. The first-order valence-corrected chi connectivity index (χ1v) is 12.5. The van der Waals surface area contributed by atoms with E-state index in [9.17, 15) is 9.59 Å². The minimum atomic E-state index is -0.814. The Morgan fingerprint density at radius 1 is 1.00 bits per heavy atom. The number of aromatic nitrogens is 2. The van der Waals surface area contributed by atoms with Gasteiger partial charge in [-0.1, -0.05) is 12.1 Å².